The van der Waals surface area contributed by atoms with Gasteiger partial charge in [-0.05, 0) is 92.3 Å². The first kappa shape index (κ1) is 23.5. The molecule has 34 heavy (non-hydrogen) atoms. The van der Waals surface area contributed by atoms with Crippen LogP contribution < -0.4 is 0 Å². The van der Waals surface area contributed by atoms with E-state index in [1.54, 1.807) is 18.1 Å². The zero-order chi connectivity index (χ0) is 24.0. The molecule has 0 aromatic heterocycles. The number of allylic oxidation sites excluding steroid dienone is 1. The van der Waals surface area contributed by atoms with E-state index in [1.165, 1.54) is 32.1 Å². The number of hydrogen-bond acceptors (Lipinski definition) is 4. The van der Waals surface area contributed by atoms with Crippen molar-refractivity contribution in [2.24, 2.45) is 46.3 Å². The van der Waals surface area contributed by atoms with Gasteiger partial charge in [-0.1, -0.05) is 38.8 Å². The number of ether oxygens (including phenoxy) is 3. The molecular weight excluding hydrogens is 424 g/mol. The summed E-state index contributed by atoms with van der Waals surface area (Å²) in [5.74, 6) is 3.61. The number of rotatable bonds is 1. The molecule has 0 radical (unpaired) electrons. The van der Waals surface area contributed by atoms with Gasteiger partial charge in [0.05, 0.1) is 12.7 Å². The third-order valence-corrected chi connectivity index (χ3v) is 12.0. The van der Waals surface area contributed by atoms with Crippen molar-refractivity contribution in [3.05, 3.63) is 11.1 Å². The van der Waals surface area contributed by atoms with Gasteiger partial charge in [0.2, 0.25) is 0 Å². The van der Waals surface area contributed by atoms with Gasteiger partial charge in [-0.25, -0.2) is 0 Å². The van der Waals surface area contributed by atoms with Crippen LogP contribution in [0.2, 0.25) is 0 Å². The van der Waals surface area contributed by atoms with Gasteiger partial charge in [0.15, 0.2) is 5.79 Å². The van der Waals surface area contributed by atoms with Crippen LogP contribution in [-0.2, 0) is 19.0 Å². The predicted molar refractivity (Wildman–Crippen MR) is 132 cm³/mol. The Balaban J connectivity index is 1.26. The monoisotopic (exact) mass is 470 g/mol. The summed E-state index contributed by atoms with van der Waals surface area (Å²) in [6.07, 6.45) is 11.0. The topological polar surface area (TPSA) is 44.8 Å². The molecule has 0 aromatic carbocycles. The van der Waals surface area contributed by atoms with E-state index in [0.29, 0.717) is 29.3 Å². The fraction of sp³-hybridized carbons (Fsp3) is 0.900. The van der Waals surface area contributed by atoms with Gasteiger partial charge in [-0.15, -0.1) is 0 Å². The minimum atomic E-state index is -0.316. The second kappa shape index (κ2) is 7.81. The molecule has 0 N–H and O–H groups in total. The average Bonchev–Trinajstić information content (AvgIpc) is 3.22. The molecule has 190 valence electrons. The normalized spacial score (nSPS) is 54.3. The largest absolute Gasteiger partial charge is 0.462 e. The molecular formula is C30H46O4. The standard InChI is InChI=1S/C30H46O4/c1-17-7-12-30(32-16-17)19(3)27-26(34-30)15-25-22-13-18(2)24-14-21(33-20(4)31)8-10-28(24,5)23(22)9-11-29(25,27)6/h17,19,21-23,25-27H,7-16H2,1-6H3/t17-,19+,21+,22+,23+,25+,26+,27+,28-,29+,30-/m1/s1. The van der Waals surface area contributed by atoms with Crippen LogP contribution in [0.25, 0.3) is 0 Å². The molecule has 4 heteroatoms. The Kier molecular flexibility index (Phi) is 5.41. The highest BCUT2D eigenvalue weighted by atomic mass is 16.7. The minimum Gasteiger partial charge on any atom is -0.462 e. The zero-order valence-electron chi connectivity index (χ0n) is 22.3. The van der Waals surface area contributed by atoms with Crippen molar-refractivity contribution in [3.63, 3.8) is 0 Å². The molecule has 4 nitrogen and oxygen atoms in total. The third-order valence-electron chi connectivity index (χ3n) is 12.0. The Hall–Kier alpha value is -0.870. The van der Waals surface area contributed by atoms with E-state index in [1.807, 2.05) is 0 Å². The van der Waals surface area contributed by atoms with Crippen molar-refractivity contribution in [3.8, 4) is 0 Å². The number of esters is 1. The van der Waals surface area contributed by atoms with Crippen molar-refractivity contribution in [2.45, 2.75) is 117 Å². The molecule has 0 amide bonds. The Morgan fingerprint density at radius 1 is 1.03 bits per heavy atom. The van der Waals surface area contributed by atoms with E-state index in [0.717, 1.165) is 50.0 Å². The molecule has 6 aliphatic rings. The third kappa shape index (κ3) is 3.19. The molecule has 0 aromatic rings. The summed E-state index contributed by atoms with van der Waals surface area (Å²) in [5, 5.41) is 0. The van der Waals surface area contributed by atoms with Gasteiger partial charge < -0.3 is 14.2 Å². The summed E-state index contributed by atoms with van der Waals surface area (Å²) in [5.41, 5.74) is 3.86. The summed E-state index contributed by atoms with van der Waals surface area (Å²) in [6.45, 7) is 14.7. The Bertz CT molecular complexity index is 884. The van der Waals surface area contributed by atoms with Crippen LogP contribution in [0, 0.1) is 46.3 Å². The van der Waals surface area contributed by atoms with E-state index in [9.17, 15) is 4.79 Å². The summed E-state index contributed by atoms with van der Waals surface area (Å²) in [7, 11) is 0. The quantitative estimate of drug-likeness (QED) is 0.317. The SMILES string of the molecule is CC(=O)O[C@H]1CC[C@@]2(C)C(=C(C)C[C@@H]3[C@@H]4C[C@@H]5O[C@]6(CC[C@@H](C)CO6)[C@@H](C)[C@@H]5[C@@]4(C)CC[C@@H]32)C1. The van der Waals surface area contributed by atoms with Crippen molar-refractivity contribution in [1.82, 2.24) is 0 Å². The van der Waals surface area contributed by atoms with Crippen LogP contribution in [0.1, 0.15) is 99.3 Å². The maximum atomic E-state index is 11.6. The van der Waals surface area contributed by atoms with E-state index in [2.05, 4.69) is 34.6 Å². The highest BCUT2D eigenvalue weighted by Gasteiger charge is 2.68. The van der Waals surface area contributed by atoms with E-state index in [4.69, 9.17) is 14.2 Å². The smallest absolute Gasteiger partial charge is 0.302 e. The maximum Gasteiger partial charge on any atom is 0.302 e. The molecule has 5 fully saturated rings. The molecule has 2 aliphatic heterocycles. The summed E-state index contributed by atoms with van der Waals surface area (Å²) < 4.78 is 19.1. The molecule has 0 bridgehead atoms. The van der Waals surface area contributed by atoms with Crippen LogP contribution in [0.15, 0.2) is 11.1 Å². The molecule has 2 heterocycles. The van der Waals surface area contributed by atoms with Crippen LogP contribution in [-0.4, -0.2) is 30.6 Å². The maximum absolute atomic E-state index is 11.6. The highest BCUT2D eigenvalue weighted by molar-refractivity contribution is 5.66. The Labute approximate surface area is 206 Å². The van der Waals surface area contributed by atoms with Crippen LogP contribution in [0.3, 0.4) is 0 Å². The summed E-state index contributed by atoms with van der Waals surface area (Å²) >= 11 is 0. The zero-order valence-corrected chi connectivity index (χ0v) is 22.3. The van der Waals surface area contributed by atoms with Crippen molar-refractivity contribution >= 4 is 5.97 Å². The average molecular weight is 471 g/mol. The highest BCUT2D eigenvalue weighted by Crippen LogP contribution is 2.71. The second-order valence-corrected chi connectivity index (χ2v) is 13.7. The molecule has 6 rings (SSSR count). The molecule has 1 spiro atoms. The lowest BCUT2D eigenvalue weighted by molar-refractivity contribution is -0.272. The van der Waals surface area contributed by atoms with Gasteiger partial charge in [-0.2, -0.15) is 0 Å². The lowest BCUT2D eigenvalue weighted by atomic mass is 9.46. The fourth-order valence-electron chi connectivity index (χ4n) is 10.4. The predicted octanol–water partition coefficient (Wildman–Crippen LogP) is 6.67. The molecule has 3 saturated carbocycles. The fourth-order valence-corrected chi connectivity index (χ4v) is 10.4. The van der Waals surface area contributed by atoms with Crippen LogP contribution in [0.5, 0.6) is 0 Å². The van der Waals surface area contributed by atoms with Crippen molar-refractivity contribution in [2.75, 3.05) is 6.61 Å². The van der Waals surface area contributed by atoms with Crippen LogP contribution >= 0.6 is 0 Å². The second-order valence-electron chi connectivity index (χ2n) is 13.7. The van der Waals surface area contributed by atoms with Crippen LogP contribution in [0.4, 0.5) is 0 Å². The molecule has 2 saturated heterocycles. The van der Waals surface area contributed by atoms with Crippen molar-refractivity contribution < 1.29 is 19.0 Å². The lowest BCUT2D eigenvalue weighted by Crippen LogP contribution is -2.53. The van der Waals surface area contributed by atoms with Crippen molar-refractivity contribution in [1.29, 1.82) is 0 Å². The van der Waals surface area contributed by atoms with E-state index in [-0.39, 0.29) is 23.3 Å². The lowest BCUT2D eigenvalue weighted by Gasteiger charge is -2.59. The summed E-state index contributed by atoms with van der Waals surface area (Å²) in [6, 6.07) is 0. The first-order valence-corrected chi connectivity index (χ1v) is 14.3. The van der Waals surface area contributed by atoms with Gasteiger partial charge in [0.1, 0.15) is 6.10 Å². The minimum absolute atomic E-state index is 0.0791. The first-order chi connectivity index (χ1) is 16.1. The van der Waals surface area contributed by atoms with E-state index >= 15 is 0 Å². The number of fused-ring (bicyclic) bond motifs is 7. The summed E-state index contributed by atoms with van der Waals surface area (Å²) in [4.78, 5) is 11.6. The van der Waals surface area contributed by atoms with Gasteiger partial charge in [0, 0.05) is 25.7 Å². The van der Waals surface area contributed by atoms with Gasteiger partial charge >= 0.3 is 5.97 Å². The van der Waals surface area contributed by atoms with Gasteiger partial charge in [-0.3, -0.25) is 4.79 Å². The van der Waals surface area contributed by atoms with Gasteiger partial charge in [0.25, 0.3) is 0 Å². The number of carbonyl (C=O) groups excluding carboxylic acids is 1. The Morgan fingerprint density at radius 3 is 2.53 bits per heavy atom. The molecule has 0 unspecified atom stereocenters. The number of hydrogen-bond donors (Lipinski definition) is 0. The molecule has 11 atom stereocenters. The first-order valence-electron chi connectivity index (χ1n) is 14.3. The molecule has 4 aliphatic carbocycles. The Morgan fingerprint density at radius 2 is 1.82 bits per heavy atom. The number of carbonyl (C=O) groups is 1. The van der Waals surface area contributed by atoms with E-state index < -0.39 is 0 Å².